The molecule has 0 N–H and O–H groups in total. The van der Waals surface area contributed by atoms with E-state index in [1.165, 1.54) is 0 Å². The summed E-state index contributed by atoms with van der Waals surface area (Å²) in [6.45, 7) is 0. The van der Waals surface area contributed by atoms with Crippen molar-refractivity contribution in [1.29, 1.82) is 0 Å². The predicted molar refractivity (Wildman–Crippen MR) is 53.2 cm³/mol. The molecular formula is C10H8N2RuSi. The third-order valence-corrected chi connectivity index (χ3v) is 1.59. The smallest absolute Gasteiger partial charge is 0.0886 e. The Kier molecular flexibility index (Phi) is 6.17. The van der Waals surface area contributed by atoms with E-state index in [0.29, 0.717) is 0 Å². The van der Waals surface area contributed by atoms with Gasteiger partial charge in [0.2, 0.25) is 0 Å². The molecule has 0 atom stereocenters. The van der Waals surface area contributed by atoms with Crippen molar-refractivity contribution in [2.45, 2.75) is 0 Å². The summed E-state index contributed by atoms with van der Waals surface area (Å²) >= 11 is 0. The van der Waals surface area contributed by atoms with Gasteiger partial charge in [-0.15, -0.1) is 0 Å². The van der Waals surface area contributed by atoms with E-state index in [1.807, 2.05) is 36.4 Å². The molecule has 0 fully saturated rings. The molecule has 4 heteroatoms. The van der Waals surface area contributed by atoms with E-state index in [1.54, 1.807) is 12.4 Å². The molecule has 70 valence electrons. The van der Waals surface area contributed by atoms with E-state index >= 15 is 0 Å². The molecule has 0 bridgehead atoms. The minimum atomic E-state index is 0. The van der Waals surface area contributed by atoms with Gasteiger partial charge in [0, 0.05) is 42.8 Å². The first-order valence-corrected chi connectivity index (χ1v) is 3.79. The van der Waals surface area contributed by atoms with Gasteiger partial charge in [0.05, 0.1) is 11.4 Å². The molecule has 0 aliphatic rings. The molecule has 0 saturated carbocycles. The maximum absolute atomic E-state index is 4.19. The van der Waals surface area contributed by atoms with Crippen molar-refractivity contribution in [2.24, 2.45) is 0 Å². The molecule has 2 heterocycles. The number of aromatic nitrogens is 2. The van der Waals surface area contributed by atoms with Crippen LogP contribution in [0, 0.1) is 0 Å². The van der Waals surface area contributed by atoms with Crippen molar-refractivity contribution in [2.75, 3.05) is 0 Å². The van der Waals surface area contributed by atoms with Crippen LogP contribution in [0.5, 0.6) is 0 Å². The molecule has 2 aromatic heterocycles. The second kappa shape index (κ2) is 6.57. The standard InChI is InChI=1S/C10H8N2.Ru.Si/c1-3-7-11-9(5-1)10-6-2-4-8-12-10;;/h1-8H;;. The van der Waals surface area contributed by atoms with E-state index < -0.39 is 0 Å². The Labute approximate surface area is 101 Å². The van der Waals surface area contributed by atoms with Gasteiger partial charge < -0.3 is 0 Å². The van der Waals surface area contributed by atoms with Gasteiger partial charge in [-0.1, -0.05) is 12.1 Å². The predicted octanol–water partition coefficient (Wildman–Crippen LogP) is 1.76. The van der Waals surface area contributed by atoms with Crippen molar-refractivity contribution in [3.05, 3.63) is 48.8 Å². The zero-order valence-corrected chi connectivity index (χ0v) is 10.1. The molecule has 0 spiro atoms. The quantitative estimate of drug-likeness (QED) is 0.746. The maximum Gasteiger partial charge on any atom is 0.0886 e. The van der Waals surface area contributed by atoms with Crippen LogP contribution in [0.15, 0.2) is 48.8 Å². The summed E-state index contributed by atoms with van der Waals surface area (Å²) in [6, 6.07) is 11.6. The molecule has 2 aromatic rings. The monoisotopic (exact) mass is 286 g/mol. The molecule has 0 unspecified atom stereocenters. The molecule has 0 saturated heterocycles. The Morgan fingerprint density at radius 3 is 1.43 bits per heavy atom. The third kappa shape index (κ3) is 3.13. The van der Waals surface area contributed by atoms with Crippen LogP contribution in [0.4, 0.5) is 0 Å². The first-order chi connectivity index (χ1) is 5.97. The first kappa shape index (κ1) is 13.1. The SMILES string of the molecule is [Ru].[Si].c1ccc(-c2ccccn2)nc1. The number of pyridine rings is 2. The zero-order chi connectivity index (χ0) is 8.23. The van der Waals surface area contributed by atoms with Gasteiger partial charge in [0.1, 0.15) is 0 Å². The molecule has 0 amide bonds. The van der Waals surface area contributed by atoms with Gasteiger partial charge in [0.15, 0.2) is 0 Å². The summed E-state index contributed by atoms with van der Waals surface area (Å²) in [5.41, 5.74) is 1.83. The van der Waals surface area contributed by atoms with E-state index in [2.05, 4.69) is 9.97 Å². The van der Waals surface area contributed by atoms with Gasteiger partial charge in [-0.2, -0.15) is 0 Å². The van der Waals surface area contributed by atoms with Crippen LogP contribution in [0.25, 0.3) is 11.4 Å². The van der Waals surface area contributed by atoms with Crippen molar-refractivity contribution >= 4 is 11.0 Å². The molecular weight excluding hydrogens is 277 g/mol. The maximum atomic E-state index is 4.19. The van der Waals surface area contributed by atoms with Crippen LogP contribution in [0.3, 0.4) is 0 Å². The first-order valence-electron chi connectivity index (χ1n) is 3.79. The molecule has 0 aliphatic heterocycles. The summed E-state index contributed by atoms with van der Waals surface area (Å²) in [6.07, 6.45) is 3.54. The van der Waals surface area contributed by atoms with Crippen LogP contribution in [0.1, 0.15) is 0 Å². The topological polar surface area (TPSA) is 25.8 Å². The average molecular weight is 285 g/mol. The average Bonchev–Trinajstić information content (AvgIpc) is 2.21. The fourth-order valence-electron chi connectivity index (χ4n) is 1.03. The molecule has 14 heavy (non-hydrogen) atoms. The van der Waals surface area contributed by atoms with E-state index in [9.17, 15) is 0 Å². The normalized spacial score (nSPS) is 8.29. The summed E-state index contributed by atoms with van der Waals surface area (Å²) < 4.78 is 0. The second-order valence-electron chi connectivity index (χ2n) is 2.43. The number of hydrogen-bond acceptors (Lipinski definition) is 2. The van der Waals surface area contributed by atoms with Crippen LogP contribution < -0.4 is 0 Å². The van der Waals surface area contributed by atoms with E-state index in [-0.39, 0.29) is 30.4 Å². The van der Waals surface area contributed by atoms with Crippen LogP contribution in [0.2, 0.25) is 0 Å². The fraction of sp³-hybridized carbons (Fsp3) is 0. The van der Waals surface area contributed by atoms with Gasteiger partial charge >= 0.3 is 0 Å². The van der Waals surface area contributed by atoms with E-state index in [4.69, 9.17) is 0 Å². The Morgan fingerprint density at radius 2 is 1.14 bits per heavy atom. The molecule has 2 nitrogen and oxygen atoms in total. The Hall–Kier alpha value is -0.860. The fourth-order valence-corrected chi connectivity index (χ4v) is 1.03. The Morgan fingerprint density at radius 1 is 0.714 bits per heavy atom. The Balaban J connectivity index is 0.000000845. The van der Waals surface area contributed by atoms with Crippen molar-refractivity contribution in [3.63, 3.8) is 0 Å². The minimum absolute atomic E-state index is 0. The van der Waals surface area contributed by atoms with Gasteiger partial charge in [-0.25, -0.2) is 0 Å². The van der Waals surface area contributed by atoms with Crippen LogP contribution in [-0.4, -0.2) is 20.9 Å². The zero-order valence-electron chi connectivity index (χ0n) is 7.37. The molecule has 0 aromatic carbocycles. The molecule has 2 rings (SSSR count). The van der Waals surface area contributed by atoms with Crippen molar-refractivity contribution < 1.29 is 19.5 Å². The van der Waals surface area contributed by atoms with Crippen molar-refractivity contribution in [3.8, 4) is 11.4 Å². The summed E-state index contributed by atoms with van der Waals surface area (Å²) in [5.74, 6) is 0. The van der Waals surface area contributed by atoms with E-state index in [0.717, 1.165) is 11.4 Å². The minimum Gasteiger partial charge on any atom is -0.255 e. The number of hydrogen-bond donors (Lipinski definition) is 0. The molecule has 4 radical (unpaired) electrons. The van der Waals surface area contributed by atoms with Crippen LogP contribution >= 0.6 is 0 Å². The van der Waals surface area contributed by atoms with Crippen LogP contribution in [-0.2, 0) is 19.5 Å². The summed E-state index contributed by atoms with van der Waals surface area (Å²) in [7, 11) is 0. The number of nitrogens with zero attached hydrogens (tertiary/aromatic N) is 2. The van der Waals surface area contributed by atoms with Gasteiger partial charge in [-0.05, 0) is 24.3 Å². The Bertz CT molecular complexity index is 316. The number of rotatable bonds is 1. The third-order valence-electron chi connectivity index (χ3n) is 1.59. The summed E-state index contributed by atoms with van der Waals surface area (Å²) in [4.78, 5) is 8.37. The second-order valence-corrected chi connectivity index (χ2v) is 2.43. The largest absolute Gasteiger partial charge is 0.255 e. The van der Waals surface area contributed by atoms with Crippen molar-refractivity contribution in [1.82, 2.24) is 9.97 Å². The van der Waals surface area contributed by atoms with Gasteiger partial charge in [-0.3, -0.25) is 9.97 Å². The van der Waals surface area contributed by atoms with Gasteiger partial charge in [0.25, 0.3) is 0 Å². The molecule has 0 aliphatic carbocycles. The summed E-state index contributed by atoms with van der Waals surface area (Å²) in [5, 5.41) is 0.